The van der Waals surface area contributed by atoms with Gasteiger partial charge in [0.25, 0.3) is 0 Å². The molecular weight excluding hydrogens is 278 g/mol. The summed E-state index contributed by atoms with van der Waals surface area (Å²) in [6, 6.07) is 0.270. The first-order chi connectivity index (χ1) is 9.75. The molecule has 2 aromatic rings. The second kappa shape index (κ2) is 4.46. The van der Waals surface area contributed by atoms with Gasteiger partial charge in [-0.25, -0.2) is 9.78 Å². The van der Waals surface area contributed by atoms with Crippen LogP contribution in [0.25, 0.3) is 4.96 Å². The van der Waals surface area contributed by atoms with Crippen molar-refractivity contribution in [1.29, 1.82) is 0 Å². The Hall–Kier alpha value is -1.60. The number of aromatic nitrogens is 2. The van der Waals surface area contributed by atoms with Gasteiger partial charge in [-0.1, -0.05) is 0 Å². The van der Waals surface area contributed by atoms with Gasteiger partial charge in [-0.15, -0.1) is 11.3 Å². The number of thiazole rings is 1. The van der Waals surface area contributed by atoms with E-state index in [4.69, 9.17) is 4.74 Å². The van der Waals surface area contributed by atoms with Crippen molar-refractivity contribution in [3.05, 3.63) is 17.3 Å². The maximum Gasteiger partial charge on any atom is 0.356 e. The van der Waals surface area contributed by atoms with Crippen LogP contribution in [0.15, 0.2) is 11.6 Å². The number of rotatable bonds is 2. The van der Waals surface area contributed by atoms with Crippen LogP contribution in [0.5, 0.6) is 0 Å². The van der Waals surface area contributed by atoms with Gasteiger partial charge in [-0.2, -0.15) is 0 Å². The predicted octanol–water partition coefficient (Wildman–Crippen LogP) is 1.85. The number of aromatic carboxylic acids is 1. The Morgan fingerprint density at radius 1 is 1.50 bits per heavy atom. The number of imidazole rings is 1. The summed E-state index contributed by atoms with van der Waals surface area (Å²) in [5.74, 6) is -0.323. The zero-order valence-corrected chi connectivity index (χ0v) is 11.7. The minimum absolute atomic E-state index is 0.227. The molecule has 1 aliphatic carbocycles. The van der Waals surface area contributed by atoms with Crippen molar-refractivity contribution in [2.45, 2.75) is 31.4 Å². The molecule has 2 fully saturated rings. The number of hydrogen-bond acceptors (Lipinski definition) is 5. The van der Waals surface area contributed by atoms with Crippen LogP contribution in [-0.4, -0.2) is 45.8 Å². The lowest BCUT2D eigenvalue weighted by Gasteiger charge is -2.38. The Kier molecular flexibility index (Phi) is 2.71. The van der Waals surface area contributed by atoms with Crippen LogP contribution in [0.2, 0.25) is 0 Å². The van der Waals surface area contributed by atoms with E-state index in [0.717, 1.165) is 24.2 Å². The summed E-state index contributed by atoms with van der Waals surface area (Å²) < 4.78 is 7.46. The SMILES string of the molecule is O=C(O)c1c(N2CCOC3CCCC32)nc2sccn12. The topological polar surface area (TPSA) is 67.1 Å². The first-order valence-corrected chi connectivity index (χ1v) is 7.71. The fourth-order valence-electron chi connectivity index (χ4n) is 3.36. The molecule has 20 heavy (non-hydrogen) atoms. The van der Waals surface area contributed by atoms with Gasteiger partial charge < -0.3 is 14.7 Å². The average molecular weight is 293 g/mol. The fraction of sp³-hybridized carbons (Fsp3) is 0.538. The Morgan fingerprint density at radius 3 is 3.25 bits per heavy atom. The lowest BCUT2D eigenvalue weighted by molar-refractivity contribution is 0.0251. The summed E-state index contributed by atoms with van der Waals surface area (Å²) in [6.07, 6.45) is 5.24. The van der Waals surface area contributed by atoms with Crippen molar-refractivity contribution in [2.24, 2.45) is 0 Å². The van der Waals surface area contributed by atoms with Gasteiger partial charge in [0.2, 0.25) is 0 Å². The van der Waals surface area contributed by atoms with Crippen molar-refractivity contribution >= 4 is 28.1 Å². The monoisotopic (exact) mass is 293 g/mol. The van der Waals surface area contributed by atoms with Crippen LogP contribution in [0.3, 0.4) is 0 Å². The van der Waals surface area contributed by atoms with Crippen molar-refractivity contribution in [1.82, 2.24) is 9.38 Å². The Morgan fingerprint density at radius 2 is 2.40 bits per heavy atom. The molecule has 2 aromatic heterocycles. The second-order valence-corrected chi connectivity index (χ2v) is 6.12. The molecule has 1 aliphatic heterocycles. The molecule has 1 saturated heterocycles. The van der Waals surface area contributed by atoms with E-state index in [0.29, 0.717) is 19.0 Å². The van der Waals surface area contributed by atoms with Gasteiger partial charge in [0, 0.05) is 18.1 Å². The van der Waals surface area contributed by atoms with Gasteiger partial charge >= 0.3 is 5.97 Å². The van der Waals surface area contributed by atoms with Gasteiger partial charge in [0.05, 0.1) is 18.8 Å². The maximum atomic E-state index is 11.6. The average Bonchev–Trinajstić information content (AvgIpc) is 3.11. The van der Waals surface area contributed by atoms with E-state index in [1.54, 1.807) is 10.6 Å². The molecule has 106 valence electrons. The van der Waals surface area contributed by atoms with E-state index in [2.05, 4.69) is 9.88 Å². The number of carbonyl (C=O) groups is 1. The Labute approximate surface area is 119 Å². The zero-order valence-electron chi connectivity index (χ0n) is 10.9. The highest BCUT2D eigenvalue weighted by atomic mass is 32.1. The Balaban J connectivity index is 1.82. The quantitative estimate of drug-likeness (QED) is 0.915. The minimum Gasteiger partial charge on any atom is -0.476 e. The molecule has 0 spiro atoms. The lowest BCUT2D eigenvalue weighted by atomic mass is 10.1. The molecular formula is C13H15N3O3S. The van der Waals surface area contributed by atoms with Gasteiger partial charge in [0.1, 0.15) is 0 Å². The smallest absolute Gasteiger partial charge is 0.356 e. The first-order valence-electron chi connectivity index (χ1n) is 6.83. The lowest BCUT2D eigenvalue weighted by Crippen LogP contribution is -2.49. The molecule has 7 heteroatoms. The Bertz CT molecular complexity index is 665. The summed E-state index contributed by atoms with van der Waals surface area (Å²) >= 11 is 1.46. The number of carboxylic acid groups (broad SMARTS) is 1. The highest BCUT2D eigenvalue weighted by molar-refractivity contribution is 7.15. The minimum atomic E-state index is -0.924. The van der Waals surface area contributed by atoms with E-state index in [1.165, 1.54) is 11.3 Å². The van der Waals surface area contributed by atoms with Gasteiger partial charge in [-0.3, -0.25) is 4.40 Å². The summed E-state index contributed by atoms with van der Waals surface area (Å²) in [4.78, 5) is 19.0. The van der Waals surface area contributed by atoms with Crippen molar-refractivity contribution < 1.29 is 14.6 Å². The number of carboxylic acids is 1. The molecule has 0 bridgehead atoms. The van der Waals surface area contributed by atoms with Crippen LogP contribution < -0.4 is 4.90 Å². The third-order valence-corrected chi connectivity index (χ3v) is 4.96. The molecule has 0 amide bonds. The molecule has 4 rings (SSSR count). The van der Waals surface area contributed by atoms with Crippen molar-refractivity contribution in [3.8, 4) is 0 Å². The highest BCUT2D eigenvalue weighted by Gasteiger charge is 2.39. The molecule has 2 atom stereocenters. The zero-order chi connectivity index (χ0) is 13.7. The molecule has 0 radical (unpaired) electrons. The number of morpholine rings is 1. The van der Waals surface area contributed by atoms with Crippen LogP contribution >= 0.6 is 11.3 Å². The number of nitrogens with zero attached hydrogens (tertiary/aromatic N) is 3. The fourth-order valence-corrected chi connectivity index (χ4v) is 4.07. The third-order valence-electron chi connectivity index (χ3n) is 4.20. The van der Waals surface area contributed by atoms with Crippen LogP contribution in [0.4, 0.5) is 5.82 Å². The molecule has 2 unspecified atom stereocenters. The largest absolute Gasteiger partial charge is 0.476 e. The van der Waals surface area contributed by atoms with Crippen molar-refractivity contribution in [3.63, 3.8) is 0 Å². The normalized spacial score (nSPS) is 26.1. The summed E-state index contributed by atoms with van der Waals surface area (Å²) in [7, 11) is 0. The van der Waals surface area contributed by atoms with Crippen LogP contribution in [0.1, 0.15) is 29.8 Å². The molecule has 1 N–H and O–H groups in total. The molecule has 3 heterocycles. The molecule has 0 aromatic carbocycles. The van der Waals surface area contributed by atoms with Crippen molar-refractivity contribution in [2.75, 3.05) is 18.1 Å². The molecule has 1 saturated carbocycles. The van der Waals surface area contributed by atoms with E-state index in [9.17, 15) is 9.90 Å². The standard InChI is InChI=1S/C13H15N3O3S/c17-12(18)10-11(14-13-16(10)5-7-20-13)15-4-6-19-9-3-1-2-8(9)15/h5,7-9H,1-4,6H2,(H,17,18). The predicted molar refractivity (Wildman–Crippen MR) is 74.8 cm³/mol. The number of hydrogen-bond donors (Lipinski definition) is 1. The summed E-state index contributed by atoms with van der Waals surface area (Å²) in [5.41, 5.74) is 0.272. The highest BCUT2D eigenvalue weighted by Crippen LogP contribution is 2.35. The third kappa shape index (κ3) is 1.66. The summed E-state index contributed by atoms with van der Waals surface area (Å²) in [6.45, 7) is 1.36. The second-order valence-electron chi connectivity index (χ2n) is 5.25. The van der Waals surface area contributed by atoms with E-state index < -0.39 is 5.97 Å². The first kappa shape index (κ1) is 12.2. The number of anilines is 1. The number of fused-ring (bicyclic) bond motifs is 2. The molecule has 6 nitrogen and oxygen atoms in total. The number of ether oxygens (including phenoxy) is 1. The van der Waals surface area contributed by atoms with E-state index >= 15 is 0 Å². The van der Waals surface area contributed by atoms with E-state index in [1.807, 2.05) is 5.38 Å². The van der Waals surface area contributed by atoms with Crippen LogP contribution in [0, 0.1) is 0 Å². The molecule has 2 aliphatic rings. The van der Waals surface area contributed by atoms with Gasteiger partial charge in [-0.05, 0) is 19.3 Å². The van der Waals surface area contributed by atoms with E-state index in [-0.39, 0.29) is 17.8 Å². The maximum absolute atomic E-state index is 11.6. The van der Waals surface area contributed by atoms with Gasteiger partial charge in [0.15, 0.2) is 16.5 Å². The summed E-state index contributed by atoms with van der Waals surface area (Å²) in [5, 5.41) is 11.4. The van der Waals surface area contributed by atoms with Crippen LogP contribution in [-0.2, 0) is 4.74 Å².